The molecule has 13 heavy (non-hydrogen) atoms. The van der Waals surface area contributed by atoms with Crippen LogP contribution >= 0.6 is 0 Å². The first-order valence-electron chi connectivity index (χ1n) is 5.04. The van der Waals surface area contributed by atoms with Crippen LogP contribution in [0.4, 0.5) is 0 Å². The molecule has 1 atom stereocenters. The van der Waals surface area contributed by atoms with Crippen LogP contribution in [0, 0.1) is 0 Å². The van der Waals surface area contributed by atoms with Crippen molar-refractivity contribution in [3.8, 4) is 0 Å². The van der Waals surface area contributed by atoms with Gasteiger partial charge >= 0.3 is 0 Å². The normalized spacial score (nSPS) is 14.4. The zero-order valence-corrected chi connectivity index (χ0v) is 8.82. The highest BCUT2D eigenvalue weighted by Gasteiger charge is 2.18. The monoisotopic (exact) mass is 185 g/mol. The molecule has 1 N–H and O–H groups in total. The van der Waals surface area contributed by atoms with E-state index in [9.17, 15) is 0 Å². The molecule has 0 aromatic carbocycles. The summed E-state index contributed by atoms with van der Waals surface area (Å²) in [5.74, 6) is 0. The Morgan fingerprint density at radius 2 is 2.00 bits per heavy atom. The van der Waals surface area contributed by atoms with Gasteiger partial charge in [-0.15, -0.1) is 6.58 Å². The minimum Gasteiger partial charge on any atom is -0.311 e. The molecular weight excluding hydrogens is 158 g/mol. The number of hydrogen-bond donors (Lipinski definition) is 1. The minimum absolute atomic E-state index is 0. The van der Waals surface area contributed by atoms with E-state index in [1.165, 1.54) is 19.3 Å². The predicted octanol–water partition coefficient (Wildman–Crippen LogP) is 3.76. The highest BCUT2D eigenvalue weighted by molar-refractivity contribution is 4.82. The zero-order valence-electron chi connectivity index (χ0n) is 8.82. The Morgan fingerprint density at radius 3 is 2.38 bits per heavy atom. The number of nitrogens with one attached hydrogen (secondary N) is 1. The Balaban J connectivity index is 0. The van der Waals surface area contributed by atoms with Crippen molar-refractivity contribution < 1.29 is 0 Å². The topological polar surface area (TPSA) is 12.0 Å². The summed E-state index contributed by atoms with van der Waals surface area (Å²) in [5.41, 5.74) is 0.345. The number of rotatable bonds is 7. The molecule has 0 saturated heterocycles. The number of hydrogen-bond acceptors (Lipinski definition) is 1. The van der Waals surface area contributed by atoms with Crippen LogP contribution in [0.3, 0.4) is 0 Å². The lowest BCUT2D eigenvalue weighted by molar-refractivity contribution is 0.320. The van der Waals surface area contributed by atoms with Crippen LogP contribution in [0.25, 0.3) is 0 Å². The lowest BCUT2D eigenvalue weighted by Crippen LogP contribution is -2.41. The van der Waals surface area contributed by atoms with Crippen LogP contribution in [-0.4, -0.2) is 12.1 Å². The van der Waals surface area contributed by atoms with Crippen LogP contribution in [0.5, 0.6) is 0 Å². The molecule has 80 valence electrons. The van der Waals surface area contributed by atoms with Crippen LogP contribution in [-0.2, 0) is 0 Å². The van der Waals surface area contributed by atoms with Gasteiger partial charge < -0.3 is 5.32 Å². The largest absolute Gasteiger partial charge is 0.311 e. The van der Waals surface area contributed by atoms with E-state index >= 15 is 0 Å². The highest BCUT2D eigenvalue weighted by Crippen LogP contribution is 2.15. The molecule has 0 fully saturated rings. The van der Waals surface area contributed by atoms with Crippen molar-refractivity contribution >= 4 is 0 Å². The SMILES string of the molecule is C.C=CCCNC(C)(CC)CCC. The van der Waals surface area contributed by atoms with E-state index in [0.29, 0.717) is 5.54 Å². The maximum atomic E-state index is 3.71. The molecule has 0 spiro atoms. The summed E-state index contributed by atoms with van der Waals surface area (Å²) in [6.45, 7) is 11.6. The smallest absolute Gasteiger partial charge is 0.0150 e. The minimum atomic E-state index is 0. The van der Waals surface area contributed by atoms with Crippen LogP contribution in [0.2, 0.25) is 0 Å². The van der Waals surface area contributed by atoms with E-state index in [2.05, 4.69) is 32.7 Å². The van der Waals surface area contributed by atoms with Crippen molar-refractivity contribution in [1.82, 2.24) is 5.32 Å². The maximum absolute atomic E-state index is 3.71. The standard InChI is InChI=1S/C11H23N.CH4/c1-5-8-10-12-11(4,7-3)9-6-2;/h5,12H,1,6-10H2,2-4H3;1H4. The van der Waals surface area contributed by atoms with Crippen molar-refractivity contribution in [2.45, 2.75) is 59.4 Å². The average molecular weight is 185 g/mol. The highest BCUT2D eigenvalue weighted by atomic mass is 15.0. The molecule has 0 bridgehead atoms. The summed E-state index contributed by atoms with van der Waals surface area (Å²) in [6, 6.07) is 0. The van der Waals surface area contributed by atoms with E-state index in [-0.39, 0.29) is 7.43 Å². The molecule has 0 saturated carbocycles. The summed E-state index contributed by atoms with van der Waals surface area (Å²) < 4.78 is 0. The summed E-state index contributed by atoms with van der Waals surface area (Å²) in [7, 11) is 0. The fraction of sp³-hybridized carbons (Fsp3) is 0.833. The van der Waals surface area contributed by atoms with Crippen molar-refractivity contribution in [1.29, 1.82) is 0 Å². The molecule has 0 amide bonds. The van der Waals surface area contributed by atoms with E-state index in [1.807, 2.05) is 6.08 Å². The van der Waals surface area contributed by atoms with Gasteiger partial charge in [0.15, 0.2) is 0 Å². The van der Waals surface area contributed by atoms with E-state index in [4.69, 9.17) is 0 Å². The molecule has 0 heterocycles. The second-order valence-electron chi connectivity index (χ2n) is 3.67. The van der Waals surface area contributed by atoms with Gasteiger partial charge in [0.05, 0.1) is 0 Å². The van der Waals surface area contributed by atoms with Gasteiger partial charge in [-0.25, -0.2) is 0 Å². The van der Waals surface area contributed by atoms with Gasteiger partial charge in [0.2, 0.25) is 0 Å². The molecule has 0 rings (SSSR count). The quantitative estimate of drug-likeness (QED) is 0.470. The molecule has 0 radical (unpaired) electrons. The summed E-state index contributed by atoms with van der Waals surface area (Å²) in [6.07, 6.45) is 6.76. The van der Waals surface area contributed by atoms with E-state index < -0.39 is 0 Å². The van der Waals surface area contributed by atoms with Crippen molar-refractivity contribution in [3.05, 3.63) is 12.7 Å². The molecule has 0 aliphatic rings. The van der Waals surface area contributed by atoms with Crippen LogP contribution in [0.15, 0.2) is 12.7 Å². The lowest BCUT2D eigenvalue weighted by Gasteiger charge is -2.29. The summed E-state index contributed by atoms with van der Waals surface area (Å²) in [5, 5.41) is 3.58. The molecule has 0 aromatic rings. The van der Waals surface area contributed by atoms with E-state index in [1.54, 1.807) is 0 Å². The molecule has 0 aliphatic heterocycles. The molecule has 1 unspecified atom stereocenters. The van der Waals surface area contributed by atoms with Gasteiger partial charge in [-0.05, 0) is 32.7 Å². The van der Waals surface area contributed by atoms with Gasteiger partial charge in [0, 0.05) is 5.54 Å². The Hall–Kier alpha value is -0.300. The van der Waals surface area contributed by atoms with Gasteiger partial charge in [-0.1, -0.05) is 33.8 Å². The molecule has 1 heteroatoms. The summed E-state index contributed by atoms with van der Waals surface area (Å²) >= 11 is 0. The van der Waals surface area contributed by atoms with Crippen molar-refractivity contribution in [2.75, 3.05) is 6.54 Å². The molecule has 1 nitrogen and oxygen atoms in total. The first-order chi connectivity index (χ1) is 5.68. The van der Waals surface area contributed by atoms with Crippen LogP contribution < -0.4 is 5.32 Å². The Bertz CT molecular complexity index is 120. The van der Waals surface area contributed by atoms with Crippen molar-refractivity contribution in [2.24, 2.45) is 0 Å². The average Bonchev–Trinajstić information content (AvgIpc) is 2.06. The van der Waals surface area contributed by atoms with Crippen LogP contribution in [0.1, 0.15) is 53.9 Å². The zero-order chi connectivity index (χ0) is 9.45. The Kier molecular flexibility index (Phi) is 9.70. The first-order valence-corrected chi connectivity index (χ1v) is 5.04. The van der Waals surface area contributed by atoms with Gasteiger partial charge in [0.25, 0.3) is 0 Å². The molecular formula is C12H27N. The van der Waals surface area contributed by atoms with Gasteiger partial charge in [0.1, 0.15) is 0 Å². The fourth-order valence-electron chi connectivity index (χ4n) is 1.42. The third-order valence-electron chi connectivity index (χ3n) is 2.48. The predicted molar refractivity (Wildman–Crippen MR) is 63.2 cm³/mol. The van der Waals surface area contributed by atoms with Gasteiger partial charge in [-0.3, -0.25) is 0 Å². The second-order valence-corrected chi connectivity index (χ2v) is 3.67. The Morgan fingerprint density at radius 1 is 1.38 bits per heavy atom. The molecule has 0 aromatic heterocycles. The lowest BCUT2D eigenvalue weighted by atomic mass is 9.93. The first kappa shape index (κ1) is 15.2. The second kappa shape index (κ2) is 8.31. The Labute approximate surface area is 84.6 Å². The fourth-order valence-corrected chi connectivity index (χ4v) is 1.42. The third kappa shape index (κ3) is 6.83. The third-order valence-corrected chi connectivity index (χ3v) is 2.48. The van der Waals surface area contributed by atoms with E-state index in [0.717, 1.165) is 13.0 Å². The maximum Gasteiger partial charge on any atom is 0.0150 e. The molecule has 0 aliphatic carbocycles. The van der Waals surface area contributed by atoms with Crippen molar-refractivity contribution in [3.63, 3.8) is 0 Å². The van der Waals surface area contributed by atoms with Gasteiger partial charge in [-0.2, -0.15) is 0 Å². The summed E-state index contributed by atoms with van der Waals surface area (Å²) in [4.78, 5) is 0.